The van der Waals surface area contributed by atoms with Crippen molar-refractivity contribution in [3.8, 4) is 17.2 Å². The van der Waals surface area contributed by atoms with Crippen LogP contribution in [0.15, 0.2) is 29.1 Å². The molecule has 1 amide bonds. The van der Waals surface area contributed by atoms with Gasteiger partial charge in [0, 0.05) is 40.6 Å². The molecule has 33 heavy (non-hydrogen) atoms. The summed E-state index contributed by atoms with van der Waals surface area (Å²) in [6, 6.07) is 4.66. The second-order valence-corrected chi connectivity index (χ2v) is 10.5. The van der Waals surface area contributed by atoms with Crippen LogP contribution in [0, 0.1) is 18.3 Å². The Balaban J connectivity index is 1.49. The maximum Gasteiger partial charge on any atom is 0.410 e. The predicted molar refractivity (Wildman–Crippen MR) is 129 cm³/mol. The van der Waals surface area contributed by atoms with Gasteiger partial charge in [-0.1, -0.05) is 0 Å². The molecule has 0 atom stereocenters. The number of ether oxygens (including phenoxy) is 1. The third-order valence-electron chi connectivity index (χ3n) is 6.28. The van der Waals surface area contributed by atoms with Crippen molar-refractivity contribution in [2.24, 2.45) is 0 Å². The van der Waals surface area contributed by atoms with Gasteiger partial charge in [0.15, 0.2) is 0 Å². The Morgan fingerprint density at radius 1 is 1.24 bits per heavy atom. The first-order chi connectivity index (χ1) is 15.6. The van der Waals surface area contributed by atoms with Gasteiger partial charge in [0.1, 0.15) is 11.7 Å². The van der Waals surface area contributed by atoms with Crippen LogP contribution in [-0.4, -0.2) is 49.1 Å². The van der Waals surface area contributed by atoms with E-state index in [-0.39, 0.29) is 12.1 Å². The molecule has 4 rings (SSSR count). The van der Waals surface area contributed by atoms with E-state index in [0.717, 1.165) is 52.5 Å². The van der Waals surface area contributed by atoms with Crippen molar-refractivity contribution in [2.45, 2.75) is 71.1 Å². The number of fused-ring (bicyclic) bond motifs is 1. The Bertz CT molecular complexity index is 1220. The van der Waals surface area contributed by atoms with Crippen LogP contribution in [-0.2, 0) is 4.74 Å². The van der Waals surface area contributed by atoms with Crippen LogP contribution in [0.4, 0.5) is 4.79 Å². The fourth-order valence-electron chi connectivity index (χ4n) is 4.55. The minimum Gasteiger partial charge on any atom is -0.444 e. The van der Waals surface area contributed by atoms with Gasteiger partial charge in [-0.15, -0.1) is 0 Å². The molecule has 8 nitrogen and oxygen atoms in total. The third-order valence-corrected chi connectivity index (χ3v) is 6.89. The molecule has 1 fully saturated rings. The van der Waals surface area contributed by atoms with Crippen molar-refractivity contribution >= 4 is 27.5 Å². The molecule has 0 saturated heterocycles. The molecule has 1 aliphatic rings. The number of hydrogen-bond acceptors (Lipinski definition) is 5. The molecule has 1 aliphatic carbocycles. The van der Waals surface area contributed by atoms with Gasteiger partial charge in [-0.2, -0.15) is 15.5 Å². The summed E-state index contributed by atoms with van der Waals surface area (Å²) in [5.41, 5.74) is 3.93. The average Bonchev–Trinajstić information content (AvgIpc) is 3.35. The second kappa shape index (κ2) is 8.82. The fourth-order valence-corrected chi connectivity index (χ4v) is 5.19. The van der Waals surface area contributed by atoms with E-state index in [1.165, 1.54) is 0 Å². The zero-order valence-electron chi connectivity index (χ0n) is 19.7. The van der Waals surface area contributed by atoms with E-state index >= 15 is 0 Å². The Morgan fingerprint density at radius 3 is 2.58 bits per heavy atom. The first kappa shape index (κ1) is 23.3. The van der Waals surface area contributed by atoms with E-state index < -0.39 is 5.60 Å². The highest BCUT2D eigenvalue weighted by Gasteiger charge is 2.31. The molecule has 3 aromatic rings. The van der Waals surface area contributed by atoms with Gasteiger partial charge in [0.2, 0.25) is 0 Å². The fraction of sp³-hybridized carbons (Fsp3) is 0.500. The molecule has 0 N–H and O–H groups in total. The minimum atomic E-state index is -0.491. The SMILES string of the molecule is Cc1c(-c2cc(Br)c3c(C#N)cnn3c2)cnn1[C@H]1CC[C@@H](N(C)C(=O)OC(C)(C)C)CC1. The Morgan fingerprint density at radius 2 is 1.94 bits per heavy atom. The van der Waals surface area contributed by atoms with Gasteiger partial charge in [-0.3, -0.25) is 4.68 Å². The standard InChI is InChI=1S/C24H29BrN6O2/c1-15-20(16-10-21(25)22-17(11-26)12-27-30(22)14-16)13-28-31(15)19-8-6-18(7-9-19)29(5)23(32)33-24(2,3)4/h10,12-14,18-19H,6-9H2,1-5H3/t18-,19+. The largest absolute Gasteiger partial charge is 0.444 e. The maximum atomic E-state index is 12.4. The van der Waals surface area contributed by atoms with E-state index in [9.17, 15) is 10.1 Å². The first-order valence-corrected chi connectivity index (χ1v) is 12.0. The molecule has 0 radical (unpaired) electrons. The summed E-state index contributed by atoms with van der Waals surface area (Å²) in [5, 5.41) is 18.3. The van der Waals surface area contributed by atoms with E-state index in [1.807, 2.05) is 46.3 Å². The topological polar surface area (TPSA) is 88.5 Å². The highest BCUT2D eigenvalue weighted by Crippen LogP contribution is 2.35. The lowest BCUT2D eigenvalue weighted by Gasteiger charge is -2.35. The highest BCUT2D eigenvalue weighted by atomic mass is 79.9. The third kappa shape index (κ3) is 4.62. The van der Waals surface area contributed by atoms with Crippen molar-refractivity contribution in [3.63, 3.8) is 0 Å². The summed E-state index contributed by atoms with van der Waals surface area (Å²) in [7, 11) is 1.83. The molecule has 3 heterocycles. The predicted octanol–water partition coefficient (Wildman–Crippen LogP) is 5.49. The quantitative estimate of drug-likeness (QED) is 0.462. The molecule has 0 aromatic carbocycles. The van der Waals surface area contributed by atoms with Crippen molar-refractivity contribution in [1.29, 1.82) is 5.26 Å². The van der Waals surface area contributed by atoms with Crippen LogP contribution < -0.4 is 0 Å². The van der Waals surface area contributed by atoms with Crippen LogP contribution >= 0.6 is 15.9 Å². The lowest BCUT2D eigenvalue weighted by atomic mass is 9.90. The van der Waals surface area contributed by atoms with Crippen LogP contribution in [0.2, 0.25) is 0 Å². The Kier molecular flexibility index (Phi) is 6.23. The highest BCUT2D eigenvalue weighted by molar-refractivity contribution is 9.10. The van der Waals surface area contributed by atoms with E-state index in [1.54, 1.807) is 15.6 Å². The van der Waals surface area contributed by atoms with Gasteiger partial charge in [-0.05, 0) is 75.4 Å². The Labute approximate surface area is 202 Å². The van der Waals surface area contributed by atoms with Gasteiger partial charge in [-0.25, -0.2) is 9.31 Å². The summed E-state index contributed by atoms with van der Waals surface area (Å²) >= 11 is 3.59. The number of rotatable bonds is 3. The summed E-state index contributed by atoms with van der Waals surface area (Å²) in [5.74, 6) is 0. The number of carbonyl (C=O) groups excluding carboxylic acids is 1. The summed E-state index contributed by atoms with van der Waals surface area (Å²) < 4.78 is 10.2. The van der Waals surface area contributed by atoms with Gasteiger partial charge >= 0.3 is 6.09 Å². The van der Waals surface area contributed by atoms with Crippen LogP contribution in [0.5, 0.6) is 0 Å². The monoisotopic (exact) mass is 512 g/mol. The molecule has 9 heteroatoms. The van der Waals surface area contributed by atoms with Crippen molar-refractivity contribution < 1.29 is 9.53 Å². The zero-order valence-corrected chi connectivity index (χ0v) is 21.3. The molecule has 0 aliphatic heterocycles. The molecule has 0 spiro atoms. The minimum absolute atomic E-state index is 0.180. The summed E-state index contributed by atoms with van der Waals surface area (Å²) in [6.45, 7) is 7.75. The lowest BCUT2D eigenvalue weighted by Crippen LogP contribution is -2.42. The number of hydrogen-bond donors (Lipinski definition) is 0. The summed E-state index contributed by atoms with van der Waals surface area (Å²) in [6.07, 6.45) is 8.88. The van der Waals surface area contributed by atoms with Gasteiger partial charge in [0.25, 0.3) is 0 Å². The lowest BCUT2D eigenvalue weighted by molar-refractivity contribution is 0.0172. The molecular weight excluding hydrogens is 484 g/mol. The molecule has 1 saturated carbocycles. The van der Waals surface area contributed by atoms with Gasteiger partial charge in [0.05, 0.1) is 29.5 Å². The van der Waals surface area contributed by atoms with Crippen molar-refractivity contribution in [1.82, 2.24) is 24.3 Å². The molecular formula is C24H29BrN6O2. The average molecular weight is 513 g/mol. The number of nitrogens with zero attached hydrogens (tertiary/aromatic N) is 6. The number of aromatic nitrogens is 4. The Hall–Kier alpha value is -2.86. The van der Waals surface area contributed by atoms with Crippen LogP contribution in [0.1, 0.15) is 63.8 Å². The van der Waals surface area contributed by atoms with Crippen molar-refractivity contribution in [2.75, 3.05) is 7.05 Å². The molecule has 0 unspecified atom stereocenters. The van der Waals surface area contributed by atoms with E-state index in [4.69, 9.17) is 9.84 Å². The molecule has 174 valence electrons. The normalized spacial score (nSPS) is 18.8. The number of halogens is 1. The van der Waals surface area contributed by atoms with Crippen LogP contribution in [0.3, 0.4) is 0 Å². The van der Waals surface area contributed by atoms with Crippen molar-refractivity contribution in [3.05, 3.63) is 40.4 Å². The number of nitriles is 1. The maximum absolute atomic E-state index is 12.4. The van der Waals surface area contributed by atoms with Crippen LogP contribution in [0.25, 0.3) is 16.6 Å². The molecule has 3 aromatic heterocycles. The number of carbonyl (C=O) groups is 1. The first-order valence-electron chi connectivity index (χ1n) is 11.2. The van der Waals surface area contributed by atoms with E-state index in [0.29, 0.717) is 11.6 Å². The number of amides is 1. The second-order valence-electron chi connectivity index (χ2n) is 9.68. The van der Waals surface area contributed by atoms with Gasteiger partial charge < -0.3 is 9.64 Å². The van der Waals surface area contributed by atoms with E-state index in [2.05, 4.69) is 38.7 Å². The smallest absolute Gasteiger partial charge is 0.410 e. The number of pyridine rings is 1. The molecule has 0 bridgehead atoms. The zero-order chi connectivity index (χ0) is 23.9. The summed E-state index contributed by atoms with van der Waals surface area (Å²) in [4.78, 5) is 14.2.